The number of hydrogen-bond donors (Lipinski definition) is 2. The second-order valence-corrected chi connectivity index (χ2v) is 22.9. The topological polar surface area (TPSA) is 218 Å². The number of rotatable bonds is 19. The molecule has 0 radical (unpaired) electrons. The van der Waals surface area contributed by atoms with Crippen molar-refractivity contribution in [1.82, 2.24) is 49.3 Å². The Bertz CT molecular complexity index is 2800. The lowest BCUT2D eigenvalue weighted by molar-refractivity contribution is -0.130. The predicted molar refractivity (Wildman–Crippen MR) is 344 cm³/mol. The number of piperidine rings is 2. The molecule has 4 N–H and O–H groups in total. The van der Waals surface area contributed by atoms with Crippen LogP contribution in [0.25, 0.3) is 0 Å². The van der Waals surface area contributed by atoms with E-state index in [0.717, 1.165) is 168 Å². The van der Waals surface area contributed by atoms with E-state index in [0.29, 0.717) is 75.5 Å². The summed E-state index contributed by atoms with van der Waals surface area (Å²) in [6, 6.07) is 13.8. The van der Waals surface area contributed by atoms with E-state index >= 15 is 0 Å². The molecule has 6 saturated heterocycles. The van der Waals surface area contributed by atoms with Crippen molar-refractivity contribution in [3.8, 4) is 11.5 Å². The Hall–Kier alpha value is -6.07. The molecule has 0 atom stereocenters. The number of carbonyl (C=O) groups is 3. The van der Waals surface area contributed by atoms with E-state index in [4.69, 9.17) is 45.4 Å². The summed E-state index contributed by atoms with van der Waals surface area (Å²) >= 11 is 0. The molecule has 0 bridgehead atoms. The van der Waals surface area contributed by atoms with Crippen molar-refractivity contribution < 1.29 is 33.3 Å². The summed E-state index contributed by atoms with van der Waals surface area (Å²) in [5.74, 6) is 0.740. The molecule has 3 amide bonds. The smallest absolute Gasteiger partial charge is 0.269 e. The Kier molecular flexibility index (Phi) is 27.2. The number of hydrogen-bond acceptors (Lipinski definition) is 18. The first-order valence-electron chi connectivity index (χ1n) is 32.6. The predicted octanol–water partition coefficient (Wildman–Crippen LogP) is 5.93. The number of amides is 3. The molecule has 480 valence electrons. The minimum atomic E-state index is -0.556. The Labute approximate surface area is 519 Å². The Morgan fingerprint density at radius 3 is 1.21 bits per heavy atom. The van der Waals surface area contributed by atoms with Gasteiger partial charge in [0.25, 0.3) is 11.8 Å². The summed E-state index contributed by atoms with van der Waals surface area (Å²) in [4.78, 5) is 75.0. The number of aromatic nitrogens is 4. The number of nitrogens with two attached hydrogens (primary N) is 2. The second-order valence-electron chi connectivity index (χ2n) is 22.9. The van der Waals surface area contributed by atoms with Crippen LogP contribution in [0.15, 0.2) is 36.4 Å². The van der Waals surface area contributed by atoms with Crippen molar-refractivity contribution in [3.63, 3.8) is 0 Å². The maximum atomic E-state index is 12.4. The molecule has 0 saturated carbocycles. The fraction of sp³-hybridized carbons (Fsp3) is 0.652. The first-order valence-corrected chi connectivity index (χ1v) is 32.6. The first kappa shape index (κ1) is 68.4. The highest BCUT2D eigenvalue weighted by atomic mass is 16.5. The third kappa shape index (κ3) is 18.5. The zero-order valence-electron chi connectivity index (χ0n) is 54.4. The van der Waals surface area contributed by atoms with Gasteiger partial charge in [0.2, 0.25) is 5.91 Å². The van der Waals surface area contributed by atoms with Gasteiger partial charge in [0.05, 0.1) is 86.2 Å². The van der Waals surface area contributed by atoms with Crippen LogP contribution in [0.4, 0.5) is 11.4 Å². The molecule has 4 aromatic rings. The van der Waals surface area contributed by atoms with Gasteiger partial charge in [-0.2, -0.15) is 0 Å². The standard InChI is InChI=1S/C31H45N7O4.C31H47N7O3.2C2H6/c1-4-25-27(21-35-15-17-42-18-16-35)33-26(30(34-25)31(32)40)19-23-5-6-28(29(20-23)41-3)38-9-7-24(8-10-38)37-13-11-36(12-14-37)22(2)39;1-4-25-27(22-36-16-18-41-19-17-36)33-26(30(34-25)31(32)39)20-23-6-7-28(29(21-23)40-3)38-10-8-24(9-11-38)37-14-12-35(5-2)13-15-37;2*1-2/h5-6,20,24H,4,7-19,21H2,1-3H3,(H2,32,40);6-7,21,24H,4-5,8-20,22H2,1-3H3,(H2,32,39);2*1-2H3. The van der Waals surface area contributed by atoms with Crippen LogP contribution in [-0.4, -0.2) is 231 Å². The maximum absolute atomic E-state index is 12.4. The van der Waals surface area contributed by atoms with Gasteiger partial charge in [-0.25, -0.2) is 9.97 Å². The molecule has 87 heavy (non-hydrogen) atoms. The van der Waals surface area contributed by atoms with Gasteiger partial charge in [0, 0.05) is 150 Å². The molecule has 21 nitrogen and oxygen atoms in total. The molecule has 8 heterocycles. The maximum Gasteiger partial charge on any atom is 0.269 e. The van der Waals surface area contributed by atoms with Crippen LogP contribution in [0.3, 0.4) is 0 Å². The van der Waals surface area contributed by atoms with Crippen molar-refractivity contribution in [2.24, 2.45) is 11.5 Å². The minimum absolute atomic E-state index is 0.171. The third-order valence-electron chi connectivity index (χ3n) is 17.8. The number of primary amides is 2. The molecular weight excluding hydrogens is 1100 g/mol. The van der Waals surface area contributed by atoms with Crippen LogP contribution in [0, 0.1) is 0 Å². The molecule has 0 aliphatic carbocycles. The van der Waals surface area contributed by atoms with Crippen LogP contribution in [-0.2, 0) is 53.0 Å². The Morgan fingerprint density at radius 2 is 0.874 bits per heavy atom. The van der Waals surface area contributed by atoms with E-state index in [9.17, 15) is 14.4 Å². The first-order chi connectivity index (χ1) is 42.3. The van der Waals surface area contributed by atoms with E-state index in [1.807, 2.05) is 52.5 Å². The quantitative estimate of drug-likeness (QED) is 0.111. The number of carbonyl (C=O) groups excluding carboxylic acids is 3. The lowest BCUT2D eigenvalue weighted by atomic mass is 10.0. The molecule has 2 aromatic carbocycles. The summed E-state index contributed by atoms with van der Waals surface area (Å²) < 4.78 is 22.7. The van der Waals surface area contributed by atoms with E-state index in [1.165, 1.54) is 39.0 Å². The summed E-state index contributed by atoms with van der Waals surface area (Å²) in [5, 5.41) is 0. The molecular formula is C66H104N14O7. The zero-order valence-corrected chi connectivity index (χ0v) is 54.4. The molecule has 6 fully saturated rings. The van der Waals surface area contributed by atoms with Gasteiger partial charge < -0.3 is 50.0 Å². The fourth-order valence-electron chi connectivity index (χ4n) is 12.9. The van der Waals surface area contributed by atoms with E-state index in [2.05, 4.69) is 76.5 Å². The van der Waals surface area contributed by atoms with Crippen molar-refractivity contribution in [2.75, 3.05) is 162 Å². The lowest BCUT2D eigenvalue weighted by Crippen LogP contribution is -2.54. The summed E-state index contributed by atoms with van der Waals surface area (Å²) in [7, 11) is 3.43. The van der Waals surface area contributed by atoms with Crippen LogP contribution in [0.2, 0.25) is 0 Å². The number of ether oxygens (including phenoxy) is 4. The average molecular weight is 1210 g/mol. The number of aryl methyl sites for hydroxylation is 2. The summed E-state index contributed by atoms with van der Waals surface area (Å²) in [6.45, 7) is 37.0. The number of morpholine rings is 2. The SMILES string of the molecule is CC.CC.CCc1nc(C(N)=O)c(Cc2ccc(N3CCC(N4CCN(C(C)=O)CC4)CC3)c(OC)c2)nc1CN1CCOCC1.CCc1nc(C(N)=O)c(Cc2ccc(N3CCC(N4CCN(CC)CC4)CC3)c(OC)c2)nc1CN1CCOCC1. The van der Waals surface area contributed by atoms with Crippen LogP contribution < -0.4 is 30.7 Å². The van der Waals surface area contributed by atoms with Crippen molar-refractivity contribution in [3.05, 3.63) is 93.1 Å². The number of methoxy groups -OCH3 is 2. The van der Waals surface area contributed by atoms with Gasteiger partial charge >= 0.3 is 0 Å². The molecule has 0 spiro atoms. The van der Waals surface area contributed by atoms with Gasteiger partial charge in [-0.05, 0) is 80.5 Å². The Balaban J connectivity index is 0.000000235. The van der Waals surface area contributed by atoms with Gasteiger partial charge in [0.15, 0.2) is 0 Å². The lowest BCUT2D eigenvalue weighted by Gasteiger charge is -2.43. The van der Waals surface area contributed by atoms with E-state index < -0.39 is 11.8 Å². The van der Waals surface area contributed by atoms with Gasteiger partial charge in [0.1, 0.15) is 22.9 Å². The molecule has 6 aliphatic rings. The van der Waals surface area contributed by atoms with Crippen LogP contribution in [0.5, 0.6) is 11.5 Å². The highest BCUT2D eigenvalue weighted by molar-refractivity contribution is 5.92. The van der Waals surface area contributed by atoms with Crippen molar-refractivity contribution in [1.29, 1.82) is 0 Å². The van der Waals surface area contributed by atoms with Crippen LogP contribution in [0.1, 0.15) is 147 Å². The molecule has 21 heteroatoms. The highest BCUT2D eigenvalue weighted by Crippen LogP contribution is 2.35. The van der Waals surface area contributed by atoms with Crippen molar-refractivity contribution >= 4 is 29.1 Å². The number of likely N-dealkylation sites (N-methyl/N-ethyl adjacent to an activating group) is 1. The van der Waals surface area contributed by atoms with E-state index in [1.54, 1.807) is 21.1 Å². The van der Waals surface area contributed by atoms with Crippen LogP contribution >= 0.6 is 0 Å². The molecule has 10 rings (SSSR count). The van der Waals surface area contributed by atoms with Gasteiger partial charge in [-0.1, -0.05) is 60.6 Å². The van der Waals surface area contributed by atoms with Crippen molar-refractivity contribution in [2.45, 2.75) is 132 Å². The van der Waals surface area contributed by atoms with Gasteiger partial charge in [-0.15, -0.1) is 0 Å². The largest absolute Gasteiger partial charge is 0.495 e. The molecule has 2 aromatic heterocycles. The average Bonchev–Trinajstić information content (AvgIpc) is 2.20. The molecule has 0 unspecified atom stereocenters. The number of piperazine rings is 2. The third-order valence-corrected chi connectivity index (χ3v) is 17.8. The number of benzene rings is 2. The summed E-state index contributed by atoms with van der Waals surface area (Å²) in [5.41, 5.74) is 20.9. The van der Waals surface area contributed by atoms with E-state index in [-0.39, 0.29) is 17.3 Å². The summed E-state index contributed by atoms with van der Waals surface area (Å²) in [6.07, 6.45) is 6.79. The highest BCUT2D eigenvalue weighted by Gasteiger charge is 2.31. The monoisotopic (exact) mass is 1200 g/mol. The van der Waals surface area contributed by atoms with Gasteiger partial charge in [-0.3, -0.25) is 44.0 Å². The normalized spacial score (nSPS) is 18.8. The minimum Gasteiger partial charge on any atom is -0.495 e. The number of anilines is 2. The number of nitrogens with zero attached hydrogens (tertiary/aromatic N) is 12. The second kappa shape index (κ2) is 34.6. The fourth-order valence-corrected chi connectivity index (χ4v) is 12.9. The Morgan fingerprint density at radius 1 is 0.494 bits per heavy atom. The zero-order chi connectivity index (χ0) is 62.4. The molecule has 6 aliphatic heterocycles.